The molecule has 0 amide bonds. The summed E-state index contributed by atoms with van der Waals surface area (Å²) in [5.74, 6) is 2.80. The number of hydrogen-bond donors (Lipinski definition) is 0. The van der Waals surface area contributed by atoms with Crippen molar-refractivity contribution < 1.29 is 9.47 Å². The molecule has 3 aliphatic rings. The predicted octanol–water partition coefficient (Wildman–Crippen LogP) is 14.7. The van der Waals surface area contributed by atoms with Crippen molar-refractivity contribution in [3.63, 3.8) is 0 Å². The Bertz CT molecular complexity index is 2910. The molecular weight excluding hydrogens is 707 g/mol. The van der Waals surface area contributed by atoms with Gasteiger partial charge in [0, 0.05) is 16.9 Å². The van der Waals surface area contributed by atoms with Crippen molar-refractivity contribution in [2.45, 2.75) is 5.41 Å². The summed E-state index contributed by atoms with van der Waals surface area (Å²) in [6.45, 7) is 0. The van der Waals surface area contributed by atoms with Crippen LogP contribution in [0.2, 0.25) is 0 Å². The highest BCUT2D eigenvalue weighted by Crippen LogP contribution is 2.66. The van der Waals surface area contributed by atoms with Crippen molar-refractivity contribution in [1.29, 1.82) is 0 Å². The van der Waals surface area contributed by atoms with E-state index in [1.165, 1.54) is 50.1 Å². The first-order chi connectivity index (χ1) is 28.8. The standard InChI is InChI=1S/C55H35NO2/c1-3-14-36(15-4-1)38-26-30-40(31-27-38)56(41-32-28-39(29-33-41)37-16-5-2-6-17-37)49-24-13-25-50-53(49)57-51-35-34-48-52(54(51)58-50)44-20-9-12-23-47(44)55(48)45-21-10-7-18-42(45)43-19-8-11-22-46(43)55/h1-35H. The van der Waals surface area contributed by atoms with Gasteiger partial charge in [-0.2, -0.15) is 0 Å². The number of ether oxygens (including phenoxy) is 2. The molecule has 0 saturated carbocycles. The first kappa shape index (κ1) is 32.6. The van der Waals surface area contributed by atoms with Crippen LogP contribution in [0.1, 0.15) is 22.3 Å². The number of benzene rings is 9. The number of hydrogen-bond acceptors (Lipinski definition) is 3. The topological polar surface area (TPSA) is 21.7 Å². The fourth-order valence-electron chi connectivity index (χ4n) is 9.69. The average molecular weight is 742 g/mol. The van der Waals surface area contributed by atoms with E-state index in [1.54, 1.807) is 0 Å². The molecule has 1 heterocycles. The Morgan fingerprint density at radius 2 is 0.759 bits per heavy atom. The van der Waals surface area contributed by atoms with Crippen LogP contribution >= 0.6 is 0 Å². The number of rotatable bonds is 5. The number of anilines is 3. The molecule has 0 fully saturated rings. The minimum Gasteiger partial charge on any atom is -0.449 e. The van der Waals surface area contributed by atoms with Gasteiger partial charge in [0.05, 0.1) is 11.1 Å². The maximum Gasteiger partial charge on any atom is 0.194 e. The van der Waals surface area contributed by atoms with Crippen molar-refractivity contribution in [2.24, 2.45) is 0 Å². The van der Waals surface area contributed by atoms with Crippen LogP contribution in [0.15, 0.2) is 212 Å². The Labute approximate surface area is 337 Å². The first-order valence-electron chi connectivity index (χ1n) is 19.8. The predicted molar refractivity (Wildman–Crippen MR) is 235 cm³/mol. The van der Waals surface area contributed by atoms with Gasteiger partial charge in [-0.05, 0) is 104 Å². The van der Waals surface area contributed by atoms with E-state index in [4.69, 9.17) is 9.47 Å². The molecule has 0 unspecified atom stereocenters. The van der Waals surface area contributed by atoms with Crippen molar-refractivity contribution in [3.8, 4) is 67.5 Å². The van der Waals surface area contributed by atoms with E-state index >= 15 is 0 Å². The fourth-order valence-corrected chi connectivity index (χ4v) is 9.69. The van der Waals surface area contributed by atoms with Crippen LogP contribution in [0, 0.1) is 0 Å². The van der Waals surface area contributed by atoms with E-state index in [9.17, 15) is 0 Å². The quantitative estimate of drug-likeness (QED) is 0.175. The van der Waals surface area contributed by atoms with Gasteiger partial charge < -0.3 is 14.4 Å². The lowest BCUT2D eigenvalue weighted by Crippen LogP contribution is -2.25. The molecular formula is C55H35NO2. The first-order valence-corrected chi connectivity index (χ1v) is 19.8. The largest absolute Gasteiger partial charge is 0.449 e. The molecule has 58 heavy (non-hydrogen) atoms. The van der Waals surface area contributed by atoms with Gasteiger partial charge in [-0.3, -0.25) is 0 Å². The third-order valence-electron chi connectivity index (χ3n) is 12.2. The van der Waals surface area contributed by atoms with Crippen LogP contribution in [-0.2, 0) is 5.41 Å². The minimum absolute atomic E-state index is 0.464. The molecule has 0 atom stereocenters. The molecule has 1 spiro atoms. The molecule has 0 aromatic heterocycles. The molecule has 0 bridgehead atoms. The molecule has 272 valence electrons. The fraction of sp³-hybridized carbons (Fsp3) is 0.0182. The van der Waals surface area contributed by atoms with Gasteiger partial charge in [0.1, 0.15) is 0 Å². The van der Waals surface area contributed by atoms with Crippen molar-refractivity contribution in [2.75, 3.05) is 4.90 Å². The third-order valence-corrected chi connectivity index (χ3v) is 12.2. The van der Waals surface area contributed by atoms with E-state index in [1.807, 2.05) is 6.07 Å². The van der Waals surface area contributed by atoms with Gasteiger partial charge >= 0.3 is 0 Å². The molecule has 2 aliphatic carbocycles. The molecule has 3 heteroatoms. The Morgan fingerprint density at radius 1 is 0.310 bits per heavy atom. The van der Waals surface area contributed by atoms with E-state index in [0.717, 1.165) is 39.5 Å². The van der Waals surface area contributed by atoms with Gasteiger partial charge in [0.25, 0.3) is 0 Å². The summed E-state index contributed by atoms with van der Waals surface area (Å²) in [5.41, 5.74) is 17.0. The van der Waals surface area contributed by atoms with Crippen LogP contribution in [-0.4, -0.2) is 0 Å². The van der Waals surface area contributed by atoms with Gasteiger partial charge in [-0.15, -0.1) is 0 Å². The van der Waals surface area contributed by atoms with Crippen LogP contribution in [0.5, 0.6) is 23.0 Å². The summed E-state index contributed by atoms with van der Waals surface area (Å²) < 4.78 is 14.2. The second-order valence-corrected chi connectivity index (χ2v) is 15.2. The van der Waals surface area contributed by atoms with E-state index < -0.39 is 5.41 Å². The van der Waals surface area contributed by atoms with E-state index in [-0.39, 0.29) is 0 Å². The summed E-state index contributed by atoms with van der Waals surface area (Å²) >= 11 is 0. The molecule has 0 radical (unpaired) electrons. The highest BCUT2D eigenvalue weighted by Gasteiger charge is 2.53. The number of para-hydroxylation sites is 1. The lowest BCUT2D eigenvalue weighted by atomic mass is 9.70. The van der Waals surface area contributed by atoms with E-state index in [0.29, 0.717) is 17.2 Å². The Balaban J connectivity index is 1.00. The minimum atomic E-state index is -0.464. The summed E-state index contributed by atoms with van der Waals surface area (Å²) in [6, 6.07) is 75.6. The Kier molecular flexibility index (Phi) is 7.14. The maximum atomic E-state index is 7.12. The lowest BCUT2D eigenvalue weighted by Gasteiger charge is -2.32. The van der Waals surface area contributed by atoms with Gasteiger partial charge in [0.15, 0.2) is 23.0 Å². The van der Waals surface area contributed by atoms with Gasteiger partial charge in [-0.25, -0.2) is 0 Å². The average Bonchev–Trinajstić information content (AvgIpc) is 3.77. The summed E-state index contributed by atoms with van der Waals surface area (Å²) in [4.78, 5) is 2.26. The third kappa shape index (κ3) is 4.68. The van der Waals surface area contributed by atoms with Crippen LogP contribution in [0.4, 0.5) is 17.1 Å². The molecule has 3 nitrogen and oxygen atoms in total. The second-order valence-electron chi connectivity index (χ2n) is 15.2. The molecule has 0 saturated heterocycles. The van der Waals surface area contributed by atoms with Gasteiger partial charge in [0.2, 0.25) is 0 Å². The summed E-state index contributed by atoms with van der Waals surface area (Å²) in [7, 11) is 0. The number of nitrogens with zero attached hydrogens (tertiary/aromatic N) is 1. The Morgan fingerprint density at radius 3 is 1.33 bits per heavy atom. The summed E-state index contributed by atoms with van der Waals surface area (Å²) in [5, 5.41) is 0. The zero-order valence-electron chi connectivity index (χ0n) is 31.5. The normalized spacial score (nSPS) is 13.2. The SMILES string of the molecule is c1ccc(-c2ccc(N(c3ccc(-c4ccccc4)cc3)c3cccc4c3Oc3ccc5c(c3O4)-c3ccccc3C53c4ccccc4-c4ccccc43)cc2)cc1. The van der Waals surface area contributed by atoms with Crippen LogP contribution < -0.4 is 14.4 Å². The maximum absolute atomic E-state index is 7.12. The van der Waals surface area contributed by atoms with E-state index in [2.05, 4.69) is 211 Å². The van der Waals surface area contributed by atoms with Gasteiger partial charge in [-0.1, -0.05) is 170 Å². The monoisotopic (exact) mass is 741 g/mol. The molecule has 9 aromatic rings. The molecule has 0 N–H and O–H groups in total. The lowest BCUT2D eigenvalue weighted by molar-refractivity contribution is 0.361. The van der Waals surface area contributed by atoms with Crippen molar-refractivity contribution in [3.05, 3.63) is 235 Å². The summed E-state index contributed by atoms with van der Waals surface area (Å²) in [6.07, 6.45) is 0. The Hall–Kier alpha value is -7.62. The molecule has 9 aromatic carbocycles. The van der Waals surface area contributed by atoms with Crippen molar-refractivity contribution >= 4 is 17.1 Å². The smallest absolute Gasteiger partial charge is 0.194 e. The zero-order valence-corrected chi connectivity index (χ0v) is 31.5. The highest BCUT2D eigenvalue weighted by molar-refractivity contribution is 5.98. The highest BCUT2D eigenvalue weighted by atomic mass is 16.6. The van der Waals surface area contributed by atoms with Crippen LogP contribution in [0.25, 0.3) is 44.5 Å². The zero-order chi connectivity index (χ0) is 38.2. The molecule has 12 rings (SSSR count). The van der Waals surface area contributed by atoms with Crippen molar-refractivity contribution in [1.82, 2.24) is 0 Å². The van der Waals surface area contributed by atoms with Crippen LogP contribution in [0.3, 0.4) is 0 Å². The number of fused-ring (bicyclic) bond motifs is 13. The molecule has 1 aliphatic heterocycles. The second kappa shape index (κ2) is 12.7.